The summed E-state index contributed by atoms with van der Waals surface area (Å²) in [6.07, 6.45) is -0.389. The van der Waals surface area contributed by atoms with Gasteiger partial charge in [-0.05, 0) is 18.6 Å². The predicted molar refractivity (Wildman–Crippen MR) is 70.9 cm³/mol. The molecular formula is C14H13F3N2O3. The summed E-state index contributed by atoms with van der Waals surface area (Å²) in [5, 5.41) is 4.84. The van der Waals surface area contributed by atoms with E-state index in [0.29, 0.717) is 5.69 Å². The summed E-state index contributed by atoms with van der Waals surface area (Å²) >= 11 is 0. The van der Waals surface area contributed by atoms with Crippen LogP contribution in [0.25, 0.3) is 0 Å². The number of halogens is 3. The molecule has 0 unspecified atom stereocenters. The van der Waals surface area contributed by atoms with Crippen LogP contribution in [-0.2, 0) is 9.53 Å². The zero-order chi connectivity index (χ0) is 16.4. The number of aromatic nitrogens is 2. The number of methoxy groups -OCH3 is 1. The number of hydrogen-bond donors (Lipinski definition) is 2. The number of nitrogens with one attached hydrogen (secondary N) is 2. The van der Waals surface area contributed by atoms with Gasteiger partial charge in [0.15, 0.2) is 17.5 Å². The molecule has 0 radical (unpaired) electrons. The van der Waals surface area contributed by atoms with Crippen molar-refractivity contribution in [3.63, 3.8) is 0 Å². The summed E-state index contributed by atoms with van der Waals surface area (Å²) in [4.78, 5) is 23.4. The third-order valence-electron chi connectivity index (χ3n) is 3.40. The molecule has 22 heavy (non-hydrogen) atoms. The SMILES string of the molecule is COC(=O)C[C@H](c1ccc(F)c(F)c1F)c1c(C)[nH][nH]c1=O. The van der Waals surface area contributed by atoms with E-state index in [-0.39, 0.29) is 17.5 Å². The Hall–Kier alpha value is -2.51. The minimum Gasteiger partial charge on any atom is -0.469 e. The highest BCUT2D eigenvalue weighted by Gasteiger charge is 2.28. The summed E-state index contributed by atoms with van der Waals surface area (Å²) < 4.78 is 45.1. The monoisotopic (exact) mass is 314 g/mol. The second-order valence-electron chi connectivity index (χ2n) is 4.72. The minimum absolute atomic E-state index is 0.0651. The fourth-order valence-corrected chi connectivity index (χ4v) is 2.30. The van der Waals surface area contributed by atoms with Crippen molar-refractivity contribution in [3.8, 4) is 0 Å². The van der Waals surface area contributed by atoms with Gasteiger partial charge >= 0.3 is 5.97 Å². The molecule has 0 saturated carbocycles. The van der Waals surface area contributed by atoms with Gasteiger partial charge in [0.1, 0.15) is 0 Å². The molecule has 1 heterocycles. The highest BCUT2D eigenvalue weighted by Crippen LogP contribution is 2.31. The van der Waals surface area contributed by atoms with E-state index in [1.54, 1.807) is 0 Å². The third kappa shape index (κ3) is 2.76. The fraction of sp³-hybridized carbons (Fsp3) is 0.286. The maximum atomic E-state index is 14.0. The Balaban J connectivity index is 2.62. The maximum absolute atomic E-state index is 14.0. The summed E-state index contributed by atoms with van der Waals surface area (Å²) in [6, 6.07) is 1.75. The number of benzene rings is 1. The van der Waals surface area contributed by atoms with Gasteiger partial charge in [0.05, 0.1) is 13.5 Å². The highest BCUT2D eigenvalue weighted by molar-refractivity contribution is 5.71. The number of rotatable bonds is 4. The largest absolute Gasteiger partial charge is 0.469 e. The van der Waals surface area contributed by atoms with Gasteiger partial charge in [0, 0.05) is 17.2 Å². The van der Waals surface area contributed by atoms with Crippen molar-refractivity contribution >= 4 is 5.97 Å². The van der Waals surface area contributed by atoms with Crippen LogP contribution in [0.5, 0.6) is 0 Å². The summed E-state index contributed by atoms with van der Waals surface area (Å²) in [7, 11) is 1.13. The molecule has 0 aliphatic heterocycles. The number of aryl methyl sites for hydroxylation is 1. The van der Waals surface area contributed by atoms with E-state index in [4.69, 9.17) is 0 Å². The van der Waals surface area contributed by atoms with Crippen LogP contribution in [0.15, 0.2) is 16.9 Å². The number of hydrogen-bond acceptors (Lipinski definition) is 3. The molecule has 5 nitrogen and oxygen atoms in total. The maximum Gasteiger partial charge on any atom is 0.306 e. The molecule has 2 rings (SSSR count). The Labute approximate surface area is 123 Å². The van der Waals surface area contributed by atoms with Gasteiger partial charge in [-0.3, -0.25) is 14.7 Å². The van der Waals surface area contributed by atoms with Crippen molar-refractivity contribution in [1.29, 1.82) is 0 Å². The molecule has 0 amide bonds. The topological polar surface area (TPSA) is 75.0 Å². The quantitative estimate of drug-likeness (QED) is 0.670. The van der Waals surface area contributed by atoms with Crippen LogP contribution >= 0.6 is 0 Å². The molecule has 8 heteroatoms. The molecule has 2 aromatic rings. The van der Waals surface area contributed by atoms with Crippen molar-refractivity contribution in [2.45, 2.75) is 19.3 Å². The van der Waals surface area contributed by atoms with Gasteiger partial charge in [-0.2, -0.15) is 0 Å². The molecule has 0 aliphatic rings. The van der Waals surface area contributed by atoms with Crippen LogP contribution in [0.3, 0.4) is 0 Å². The average molecular weight is 314 g/mol. The van der Waals surface area contributed by atoms with E-state index in [2.05, 4.69) is 14.9 Å². The van der Waals surface area contributed by atoms with Gasteiger partial charge in [0.25, 0.3) is 5.56 Å². The van der Waals surface area contributed by atoms with E-state index < -0.39 is 34.9 Å². The number of carbonyl (C=O) groups is 1. The second kappa shape index (κ2) is 6.08. The lowest BCUT2D eigenvalue weighted by molar-refractivity contribution is -0.140. The first-order valence-electron chi connectivity index (χ1n) is 6.34. The van der Waals surface area contributed by atoms with Crippen LogP contribution in [0.2, 0.25) is 0 Å². The molecule has 118 valence electrons. The van der Waals surface area contributed by atoms with Gasteiger partial charge < -0.3 is 9.84 Å². The molecule has 0 spiro atoms. The molecule has 1 atom stereocenters. The normalized spacial score (nSPS) is 12.2. The number of aromatic amines is 2. The molecule has 0 bridgehead atoms. The smallest absolute Gasteiger partial charge is 0.306 e. The third-order valence-corrected chi connectivity index (χ3v) is 3.40. The first kappa shape index (κ1) is 15.9. The van der Waals surface area contributed by atoms with E-state index >= 15 is 0 Å². The Bertz CT molecular complexity index is 767. The van der Waals surface area contributed by atoms with Crippen LogP contribution in [0, 0.1) is 24.4 Å². The van der Waals surface area contributed by atoms with E-state index in [1.807, 2.05) is 0 Å². The zero-order valence-electron chi connectivity index (χ0n) is 11.8. The van der Waals surface area contributed by atoms with Gasteiger partial charge in [-0.1, -0.05) is 6.07 Å². The average Bonchev–Trinajstić information content (AvgIpc) is 2.82. The Kier molecular flexibility index (Phi) is 4.39. The molecular weight excluding hydrogens is 301 g/mol. The number of carbonyl (C=O) groups excluding carboxylic acids is 1. The predicted octanol–water partition coefficient (Wildman–Crippen LogP) is 2.12. The summed E-state index contributed by atoms with van der Waals surface area (Å²) in [6.45, 7) is 1.54. The lowest BCUT2D eigenvalue weighted by atomic mass is 9.88. The lowest BCUT2D eigenvalue weighted by Crippen LogP contribution is -2.19. The van der Waals surface area contributed by atoms with E-state index in [1.165, 1.54) is 6.92 Å². The minimum atomic E-state index is -1.66. The first-order valence-corrected chi connectivity index (χ1v) is 6.34. The fourth-order valence-electron chi connectivity index (χ4n) is 2.30. The lowest BCUT2D eigenvalue weighted by Gasteiger charge is -2.16. The van der Waals surface area contributed by atoms with Crippen molar-refractivity contribution < 1.29 is 22.7 Å². The van der Waals surface area contributed by atoms with E-state index in [0.717, 1.165) is 19.2 Å². The summed E-state index contributed by atoms with van der Waals surface area (Å²) in [5.41, 5.74) is -0.439. The van der Waals surface area contributed by atoms with Gasteiger partial charge in [-0.25, -0.2) is 13.2 Å². The Morgan fingerprint density at radius 3 is 2.45 bits per heavy atom. The van der Waals surface area contributed by atoms with Gasteiger partial charge in [0.2, 0.25) is 0 Å². The molecule has 0 saturated heterocycles. The van der Waals surface area contributed by atoms with Crippen LogP contribution < -0.4 is 5.56 Å². The molecule has 2 N–H and O–H groups in total. The number of H-pyrrole nitrogens is 2. The van der Waals surface area contributed by atoms with Crippen molar-refractivity contribution in [2.75, 3.05) is 7.11 Å². The second-order valence-corrected chi connectivity index (χ2v) is 4.72. The Morgan fingerprint density at radius 1 is 1.23 bits per heavy atom. The van der Waals surface area contributed by atoms with Gasteiger partial charge in [-0.15, -0.1) is 0 Å². The van der Waals surface area contributed by atoms with Crippen molar-refractivity contribution in [3.05, 3.63) is 56.8 Å². The zero-order valence-corrected chi connectivity index (χ0v) is 11.8. The molecule has 1 aromatic heterocycles. The molecule has 1 aromatic carbocycles. The van der Waals surface area contributed by atoms with Crippen LogP contribution in [-0.4, -0.2) is 23.3 Å². The standard InChI is InChI=1S/C14H13F3N2O3/c1-6-11(14(21)19-18-6)8(5-10(20)22-2)7-3-4-9(15)13(17)12(7)16/h3-4,8H,5H2,1-2H3,(H2,18,19,21)/t8-/m1/s1. The number of ether oxygens (including phenoxy) is 1. The highest BCUT2D eigenvalue weighted by atomic mass is 19.2. The first-order chi connectivity index (χ1) is 10.4. The van der Waals surface area contributed by atoms with Crippen molar-refractivity contribution in [1.82, 2.24) is 10.2 Å². The molecule has 0 fully saturated rings. The Morgan fingerprint density at radius 2 is 1.91 bits per heavy atom. The van der Waals surface area contributed by atoms with Crippen LogP contribution in [0.4, 0.5) is 13.2 Å². The number of esters is 1. The van der Waals surface area contributed by atoms with E-state index in [9.17, 15) is 22.8 Å². The summed E-state index contributed by atoms with van der Waals surface area (Å²) in [5.74, 6) is -6.25. The van der Waals surface area contributed by atoms with Crippen LogP contribution in [0.1, 0.15) is 29.2 Å². The molecule has 0 aliphatic carbocycles. The van der Waals surface area contributed by atoms with Crippen molar-refractivity contribution in [2.24, 2.45) is 0 Å².